The van der Waals surface area contributed by atoms with Crippen LogP contribution in [-0.2, 0) is 15.9 Å². The lowest BCUT2D eigenvalue weighted by atomic mass is 9.75. The molecule has 126 valence electrons. The smallest absolute Gasteiger partial charge is 0.399 e. The molecule has 0 aliphatic carbocycles. The molecule has 2 saturated heterocycles. The van der Waals surface area contributed by atoms with Crippen molar-refractivity contribution in [2.45, 2.75) is 52.4 Å². The van der Waals surface area contributed by atoms with E-state index in [1.165, 1.54) is 41.2 Å². The Bertz CT molecular complexity index is 554. The lowest BCUT2D eigenvalue weighted by Gasteiger charge is -2.32. The van der Waals surface area contributed by atoms with E-state index in [1.54, 1.807) is 0 Å². The quantitative estimate of drug-likeness (QED) is 0.793. The van der Waals surface area contributed by atoms with Gasteiger partial charge >= 0.3 is 7.12 Å². The third kappa shape index (κ3) is 3.63. The molecule has 2 aliphatic heterocycles. The molecule has 2 fully saturated rings. The Hall–Kier alpha value is -0.485. The van der Waals surface area contributed by atoms with Crippen LogP contribution in [-0.4, -0.2) is 47.8 Å². The molecule has 0 saturated carbocycles. The van der Waals surface area contributed by atoms with Gasteiger partial charge < -0.3 is 9.31 Å². The van der Waals surface area contributed by atoms with E-state index in [2.05, 4.69) is 69.5 Å². The molecule has 0 aromatic heterocycles. The van der Waals surface area contributed by atoms with Crippen LogP contribution in [0, 0.1) is 6.92 Å². The largest absolute Gasteiger partial charge is 0.495 e. The number of aryl methyl sites for hydroxylation is 1. The fourth-order valence-corrected chi connectivity index (χ4v) is 4.01. The number of hydrogen-bond donors (Lipinski definition) is 0. The van der Waals surface area contributed by atoms with Gasteiger partial charge in [-0.2, -0.15) is 11.8 Å². The minimum atomic E-state index is -0.287. The van der Waals surface area contributed by atoms with E-state index in [0.717, 1.165) is 6.54 Å². The van der Waals surface area contributed by atoms with Gasteiger partial charge in [-0.25, -0.2) is 0 Å². The SMILES string of the molecule is Cc1ccc(CN2CCSCC2)cc1B1OC(C)(C)C(C)(C)O1. The first-order valence-electron chi connectivity index (χ1n) is 8.54. The van der Waals surface area contributed by atoms with Crippen molar-refractivity contribution in [3.63, 3.8) is 0 Å². The predicted octanol–water partition coefficient (Wildman–Crippen LogP) is 2.84. The molecule has 2 aliphatic rings. The van der Waals surface area contributed by atoms with Crippen LogP contribution in [0.4, 0.5) is 0 Å². The molecule has 0 spiro atoms. The number of benzene rings is 1. The Morgan fingerprint density at radius 1 is 1.09 bits per heavy atom. The molecule has 1 aromatic rings. The second kappa shape index (κ2) is 6.43. The van der Waals surface area contributed by atoms with Gasteiger partial charge in [-0.3, -0.25) is 4.90 Å². The average molecular weight is 333 g/mol. The summed E-state index contributed by atoms with van der Waals surface area (Å²) in [5.41, 5.74) is 3.19. The highest BCUT2D eigenvalue weighted by Gasteiger charge is 2.52. The van der Waals surface area contributed by atoms with Crippen molar-refractivity contribution in [1.82, 2.24) is 4.90 Å². The van der Waals surface area contributed by atoms with Crippen molar-refractivity contribution in [3.8, 4) is 0 Å². The molecule has 3 rings (SSSR count). The molecule has 0 unspecified atom stereocenters. The molecule has 1 aromatic carbocycles. The van der Waals surface area contributed by atoms with E-state index in [9.17, 15) is 0 Å². The summed E-state index contributed by atoms with van der Waals surface area (Å²) in [5.74, 6) is 2.49. The fourth-order valence-electron chi connectivity index (χ4n) is 3.03. The van der Waals surface area contributed by atoms with Crippen molar-refractivity contribution < 1.29 is 9.31 Å². The summed E-state index contributed by atoms with van der Waals surface area (Å²) in [6, 6.07) is 6.72. The van der Waals surface area contributed by atoms with E-state index < -0.39 is 0 Å². The molecule has 2 heterocycles. The first kappa shape index (κ1) is 17.3. The third-order valence-electron chi connectivity index (χ3n) is 5.36. The number of nitrogens with zero attached hydrogens (tertiary/aromatic N) is 1. The molecule has 3 nitrogen and oxygen atoms in total. The van der Waals surface area contributed by atoms with Crippen LogP contribution >= 0.6 is 11.8 Å². The van der Waals surface area contributed by atoms with Gasteiger partial charge in [-0.15, -0.1) is 0 Å². The average Bonchev–Trinajstić information content (AvgIpc) is 2.70. The molecule has 0 amide bonds. The predicted molar refractivity (Wildman–Crippen MR) is 99.5 cm³/mol. The Balaban J connectivity index is 1.78. The van der Waals surface area contributed by atoms with Gasteiger partial charge in [0.1, 0.15) is 0 Å². The van der Waals surface area contributed by atoms with Gasteiger partial charge in [0.15, 0.2) is 0 Å². The zero-order valence-corrected chi connectivity index (χ0v) is 15.8. The Labute approximate surface area is 145 Å². The zero-order valence-electron chi connectivity index (χ0n) is 15.0. The highest BCUT2D eigenvalue weighted by atomic mass is 32.2. The summed E-state index contributed by atoms with van der Waals surface area (Å²) in [7, 11) is -0.267. The van der Waals surface area contributed by atoms with Gasteiger partial charge in [-0.05, 0) is 45.6 Å². The Kier molecular flexibility index (Phi) is 4.85. The summed E-state index contributed by atoms with van der Waals surface area (Å²) in [5, 5.41) is 0. The number of thioether (sulfide) groups is 1. The van der Waals surface area contributed by atoms with Crippen LogP contribution in [0.15, 0.2) is 18.2 Å². The van der Waals surface area contributed by atoms with Crippen LogP contribution < -0.4 is 5.46 Å². The Morgan fingerprint density at radius 3 is 2.30 bits per heavy atom. The van der Waals surface area contributed by atoms with E-state index in [4.69, 9.17) is 9.31 Å². The van der Waals surface area contributed by atoms with E-state index in [0.29, 0.717) is 0 Å². The lowest BCUT2D eigenvalue weighted by Crippen LogP contribution is -2.41. The lowest BCUT2D eigenvalue weighted by molar-refractivity contribution is 0.00578. The first-order chi connectivity index (χ1) is 10.8. The molecule has 0 bridgehead atoms. The molecule has 0 radical (unpaired) electrons. The highest BCUT2D eigenvalue weighted by molar-refractivity contribution is 7.99. The van der Waals surface area contributed by atoms with Crippen LogP contribution in [0.5, 0.6) is 0 Å². The minimum absolute atomic E-state index is 0.267. The molecular formula is C18H28BNO2S. The molecular weight excluding hydrogens is 305 g/mol. The number of hydrogen-bond acceptors (Lipinski definition) is 4. The fraction of sp³-hybridized carbons (Fsp3) is 0.667. The van der Waals surface area contributed by atoms with Crippen molar-refractivity contribution in [2.75, 3.05) is 24.6 Å². The van der Waals surface area contributed by atoms with Crippen molar-refractivity contribution in [2.24, 2.45) is 0 Å². The minimum Gasteiger partial charge on any atom is -0.399 e. The van der Waals surface area contributed by atoms with Crippen LogP contribution in [0.2, 0.25) is 0 Å². The third-order valence-corrected chi connectivity index (χ3v) is 6.30. The van der Waals surface area contributed by atoms with Crippen molar-refractivity contribution in [1.29, 1.82) is 0 Å². The highest BCUT2D eigenvalue weighted by Crippen LogP contribution is 2.36. The summed E-state index contributed by atoms with van der Waals surface area (Å²) in [6.45, 7) is 14.0. The van der Waals surface area contributed by atoms with E-state index in [1.807, 2.05) is 0 Å². The Morgan fingerprint density at radius 2 is 1.70 bits per heavy atom. The van der Waals surface area contributed by atoms with Gasteiger partial charge in [0.25, 0.3) is 0 Å². The van der Waals surface area contributed by atoms with Gasteiger partial charge in [0.05, 0.1) is 11.2 Å². The topological polar surface area (TPSA) is 21.7 Å². The van der Waals surface area contributed by atoms with E-state index >= 15 is 0 Å². The summed E-state index contributed by atoms with van der Waals surface area (Å²) in [4.78, 5) is 2.54. The molecule has 23 heavy (non-hydrogen) atoms. The van der Waals surface area contributed by atoms with Crippen molar-refractivity contribution in [3.05, 3.63) is 29.3 Å². The summed E-state index contributed by atoms with van der Waals surface area (Å²) < 4.78 is 12.5. The van der Waals surface area contributed by atoms with Crippen LogP contribution in [0.3, 0.4) is 0 Å². The molecule has 0 N–H and O–H groups in total. The van der Waals surface area contributed by atoms with Gasteiger partial charge in [-0.1, -0.05) is 23.8 Å². The maximum atomic E-state index is 6.24. The van der Waals surface area contributed by atoms with Crippen LogP contribution in [0.1, 0.15) is 38.8 Å². The second-order valence-corrected chi connectivity index (χ2v) is 8.89. The first-order valence-corrected chi connectivity index (χ1v) is 9.69. The normalized spacial score (nSPS) is 24.1. The monoisotopic (exact) mass is 333 g/mol. The maximum Gasteiger partial charge on any atom is 0.495 e. The molecule has 0 atom stereocenters. The van der Waals surface area contributed by atoms with Gasteiger partial charge in [0, 0.05) is 31.1 Å². The molecule has 5 heteroatoms. The van der Waals surface area contributed by atoms with Crippen LogP contribution in [0.25, 0.3) is 0 Å². The van der Waals surface area contributed by atoms with Crippen molar-refractivity contribution >= 4 is 24.3 Å². The summed E-state index contributed by atoms with van der Waals surface area (Å²) in [6.07, 6.45) is 0. The van der Waals surface area contributed by atoms with Gasteiger partial charge in [0.2, 0.25) is 0 Å². The number of rotatable bonds is 3. The van der Waals surface area contributed by atoms with E-state index in [-0.39, 0.29) is 18.3 Å². The zero-order chi connectivity index (χ0) is 16.7. The summed E-state index contributed by atoms with van der Waals surface area (Å²) >= 11 is 2.05. The standard InChI is InChI=1S/C18H28BNO2S/c1-14-6-7-15(13-20-8-10-23-11-9-20)12-16(14)19-21-17(2,3)18(4,5)22-19/h6-7,12H,8-11,13H2,1-5H3. The maximum absolute atomic E-state index is 6.24. The second-order valence-electron chi connectivity index (χ2n) is 7.67.